The second kappa shape index (κ2) is 6.71. The van der Waals surface area contributed by atoms with Crippen LogP contribution in [0.15, 0.2) is 30.3 Å². The fourth-order valence-electron chi connectivity index (χ4n) is 1.85. The fourth-order valence-corrected chi connectivity index (χ4v) is 2.10. The zero-order valence-corrected chi connectivity index (χ0v) is 11.6. The molecule has 0 unspecified atom stereocenters. The van der Waals surface area contributed by atoms with E-state index < -0.39 is 0 Å². The minimum atomic E-state index is 0.395. The van der Waals surface area contributed by atoms with Gasteiger partial charge < -0.3 is 16.0 Å². The van der Waals surface area contributed by atoms with Crippen LogP contribution in [0.25, 0.3) is 0 Å². The highest BCUT2D eigenvalue weighted by molar-refractivity contribution is 7.80. The Morgan fingerprint density at radius 1 is 1.33 bits per heavy atom. The lowest BCUT2D eigenvalue weighted by Crippen LogP contribution is -2.44. The van der Waals surface area contributed by atoms with Crippen molar-refractivity contribution in [2.24, 2.45) is 0 Å². The minimum Gasteiger partial charge on any atom is -0.361 e. The Labute approximate surface area is 114 Å². The summed E-state index contributed by atoms with van der Waals surface area (Å²) in [5.41, 5.74) is 1.35. The number of likely N-dealkylation sites (N-methyl/N-ethyl adjacent to an activating group) is 1. The van der Waals surface area contributed by atoms with Crippen LogP contribution in [0.3, 0.4) is 0 Å². The molecule has 0 saturated heterocycles. The smallest absolute Gasteiger partial charge is 0.166 e. The maximum atomic E-state index is 5.25. The van der Waals surface area contributed by atoms with Gasteiger partial charge in [0, 0.05) is 18.6 Å². The van der Waals surface area contributed by atoms with E-state index in [0.29, 0.717) is 12.1 Å². The molecule has 0 aromatic heterocycles. The Morgan fingerprint density at radius 3 is 2.67 bits per heavy atom. The maximum absolute atomic E-state index is 5.25. The van der Waals surface area contributed by atoms with Gasteiger partial charge in [0.1, 0.15) is 0 Å². The zero-order chi connectivity index (χ0) is 12.8. The van der Waals surface area contributed by atoms with Crippen molar-refractivity contribution in [2.75, 3.05) is 13.6 Å². The molecule has 0 heterocycles. The van der Waals surface area contributed by atoms with Crippen molar-refractivity contribution in [2.45, 2.75) is 31.3 Å². The number of thiocarbonyl (C=S) groups is 1. The quantitative estimate of drug-likeness (QED) is 0.679. The first-order chi connectivity index (χ1) is 8.78. The van der Waals surface area contributed by atoms with Gasteiger partial charge in [0.05, 0.1) is 0 Å². The highest BCUT2D eigenvalue weighted by Gasteiger charge is 2.21. The first kappa shape index (κ1) is 13.3. The lowest BCUT2D eigenvalue weighted by molar-refractivity contribution is 0.545. The Balaban J connectivity index is 1.72. The van der Waals surface area contributed by atoms with Crippen LogP contribution >= 0.6 is 12.2 Å². The predicted molar refractivity (Wildman–Crippen MR) is 79.8 cm³/mol. The Hall–Kier alpha value is -1.13. The molecule has 1 aliphatic carbocycles. The van der Waals surface area contributed by atoms with Gasteiger partial charge in [-0.2, -0.15) is 0 Å². The van der Waals surface area contributed by atoms with Crippen molar-refractivity contribution in [1.29, 1.82) is 0 Å². The summed E-state index contributed by atoms with van der Waals surface area (Å²) < 4.78 is 0. The van der Waals surface area contributed by atoms with E-state index in [1.54, 1.807) is 0 Å². The van der Waals surface area contributed by atoms with Gasteiger partial charge in [0.25, 0.3) is 0 Å². The van der Waals surface area contributed by atoms with Gasteiger partial charge >= 0.3 is 0 Å². The first-order valence-electron chi connectivity index (χ1n) is 6.53. The van der Waals surface area contributed by atoms with Crippen LogP contribution in [0.2, 0.25) is 0 Å². The number of hydrogen-bond donors (Lipinski definition) is 3. The van der Waals surface area contributed by atoms with Crippen molar-refractivity contribution in [3.8, 4) is 0 Å². The third-order valence-corrected chi connectivity index (χ3v) is 3.42. The molecule has 3 nitrogen and oxygen atoms in total. The van der Waals surface area contributed by atoms with Crippen LogP contribution < -0.4 is 16.0 Å². The summed E-state index contributed by atoms with van der Waals surface area (Å²) in [6.45, 7) is 0.851. The highest BCUT2D eigenvalue weighted by Crippen LogP contribution is 2.18. The van der Waals surface area contributed by atoms with E-state index >= 15 is 0 Å². The molecule has 1 aliphatic rings. The van der Waals surface area contributed by atoms with Crippen LogP contribution in [0.1, 0.15) is 18.4 Å². The molecule has 1 atom stereocenters. The van der Waals surface area contributed by atoms with E-state index in [4.69, 9.17) is 12.2 Å². The van der Waals surface area contributed by atoms with Gasteiger partial charge in [-0.1, -0.05) is 30.3 Å². The molecule has 98 valence electrons. The van der Waals surface area contributed by atoms with Gasteiger partial charge in [0.15, 0.2) is 5.11 Å². The van der Waals surface area contributed by atoms with Crippen LogP contribution in [0.4, 0.5) is 0 Å². The molecular formula is C14H21N3S. The lowest BCUT2D eigenvalue weighted by Gasteiger charge is -2.18. The summed E-state index contributed by atoms with van der Waals surface area (Å²) in [4.78, 5) is 0. The van der Waals surface area contributed by atoms with Crippen LogP contribution in [-0.4, -0.2) is 30.8 Å². The van der Waals surface area contributed by atoms with E-state index in [1.807, 2.05) is 13.1 Å². The third-order valence-electron chi connectivity index (χ3n) is 3.15. The van der Waals surface area contributed by atoms with Gasteiger partial charge in [-0.05, 0) is 44.1 Å². The number of hydrogen-bond acceptors (Lipinski definition) is 2. The molecule has 1 aromatic rings. The summed E-state index contributed by atoms with van der Waals surface area (Å²) in [5.74, 6) is 0. The predicted octanol–water partition coefficient (Wildman–Crippen LogP) is 1.44. The fraction of sp³-hybridized carbons (Fsp3) is 0.500. The molecule has 1 aromatic carbocycles. The molecule has 3 N–H and O–H groups in total. The molecule has 1 saturated carbocycles. The molecule has 0 bridgehead atoms. The first-order valence-corrected chi connectivity index (χ1v) is 6.94. The monoisotopic (exact) mass is 263 g/mol. The van der Waals surface area contributed by atoms with Crippen molar-refractivity contribution >= 4 is 17.3 Å². The summed E-state index contributed by atoms with van der Waals surface area (Å²) in [7, 11) is 1.99. The van der Waals surface area contributed by atoms with E-state index in [-0.39, 0.29) is 0 Å². The molecule has 1 fully saturated rings. The average molecular weight is 263 g/mol. The maximum Gasteiger partial charge on any atom is 0.166 e. The molecule has 0 radical (unpaired) electrons. The van der Waals surface area contributed by atoms with Crippen LogP contribution in [0.5, 0.6) is 0 Å². The lowest BCUT2D eigenvalue weighted by atomic mass is 10.1. The van der Waals surface area contributed by atoms with E-state index in [0.717, 1.165) is 18.1 Å². The van der Waals surface area contributed by atoms with Crippen LogP contribution in [-0.2, 0) is 6.42 Å². The van der Waals surface area contributed by atoms with Crippen molar-refractivity contribution in [3.63, 3.8) is 0 Å². The molecule has 4 heteroatoms. The Kier molecular flexibility index (Phi) is 4.96. The largest absolute Gasteiger partial charge is 0.361 e. The van der Waals surface area contributed by atoms with E-state index in [2.05, 4.69) is 40.2 Å². The molecule has 0 spiro atoms. The van der Waals surface area contributed by atoms with Crippen molar-refractivity contribution in [1.82, 2.24) is 16.0 Å². The molecule has 0 amide bonds. The van der Waals surface area contributed by atoms with E-state index in [1.165, 1.54) is 18.4 Å². The molecular weight excluding hydrogens is 242 g/mol. The molecule has 0 aliphatic heterocycles. The Bertz CT molecular complexity index is 376. The second-order valence-electron chi connectivity index (χ2n) is 4.80. The van der Waals surface area contributed by atoms with Crippen molar-refractivity contribution in [3.05, 3.63) is 35.9 Å². The second-order valence-corrected chi connectivity index (χ2v) is 5.21. The van der Waals surface area contributed by atoms with Gasteiger partial charge in [-0.3, -0.25) is 0 Å². The summed E-state index contributed by atoms with van der Waals surface area (Å²) in [6.07, 6.45) is 3.51. The van der Waals surface area contributed by atoms with Gasteiger partial charge in [-0.15, -0.1) is 0 Å². The SMILES string of the molecule is CN[C@@H](CNC(=S)NC1CC1)Cc1ccccc1. The summed E-state index contributed by atoms with van der Waals surface area (Å²) >= 11 is 5.25. The standard InChI is InChI=1S/C14H21N3S/c1-15-13(9-11-5-3-2-4-6-11)10-16-14(18)17-12-7-8-12/h2-6,12-13,15H,7-10H2,1H3,(H2,16,17,18)/t13-/m1/s1. The number of nitrogens with one attached hydrogen (secondary N) is 3. The van der Waals surface area contributed by atoms with E-state index in [9.17, 15) is 0 Å². The normalized spacial score (nSPS) is 16.1. The molecule has 2 rings (SSSR count). The highest BCUT2D eigenvalue weighted by atomic mass is 32.1. The summed E-state index contributed by atoms with van der Waals surface area (Å²) in [5, 5.41) is 10.7. The Morgan fingerprint density at radius 2 is 2.06 bits per heavy atom. The number of rotatable bonds is 6. The third kappa shape index (κ3) is 4.63. The zero-order valence-electron chi connectivity index (χ0n) is 10.8. The van der Waals surface area contributed by atoms with Gasteiger partial charge in [-0.25, -0.2) is 0 Å². The minimum absolute atomic E-state index is 0.395. The summed E-state index contributed by atoms with van der Waals surface area (Å²) in [6, 6.07) is 11.5. The van der Waals surface area contributed by atoms with Gasteiger partial charge in [0.2, 0.25) is 0 Å². The molecule has 18 heavy (non-hydrogen) atoms. The average Bonchev–Trinajstić information content (AvgIpc) is 3.19. The topological polar surface area (TPSA) is 36.1 Å². The van der Waals surface area contributed by atoms with Crippen LogP contribution in [0, 0.1) is 0 Å². The van der Waals surface area contributed by atoms with Crippen molar-refractivity contribution < 1.29 is 0 Å². The number of benzene rings is 1.